The van der Waals surface area contributed by atoms with Crippen molar-refractivity contribution in [1.29, 1.82) is 0 Å². The minimum atomic E-state index is -0.195. The van der Waals surface area contributed by atoms with Gasteiger partial charge in [-0.25, -0.2) is 9.38 Å². The fourth-order valence-corrected chi connectivity index (χ4v) is 2.35. The number of guanidine groups is 1. The molecule has 0 radical (unpaired) electrons. The van der Waals surface area contributed by atoms with Crippen molar-refractivity contribution in [2.45, 2.75) is 26.8 Å². The predicted octanol–water partition coefficient (Wildman–Crippen LogP) is 3.76. The summed E-state index contributed by atoms with van der Waals surface area (Å²) in [7, 11) is 0. The molecule has 0 spiro atoms. The molecule has 6 heteroatoms. The lowest BCUT2D eigenvalue weighted by Gasteiger charge is -2.11. The van der Waals surface area contributed by atoms with Crippen LogP contribution in [0.5, 0.6) is 5.75 Å². The second kappa shape index (κ2) is 10.9. The summed E-state index contributed by atoms with van der Waals surface area (Å²) in [5, 5.41) is 15.9. The van der Waals surface area contributed by atoms with E-state index in [1.165, 1.54) is 6.07 Å². The maximum atomic E-state index is 13.3. The van der Waals surface area contributed by atoms with Crippen LogP contribution < -0.4 is 10.6 Å². The van der Waals surface area contributed by atoms with Gasteiger partial charge in [0.25, 0.3) is 0 Å². The van der Waals surface area contributed by atoms with Gasteiger partial charge in [-0.15, -0.1) is 24.0 Å². The molecule has 0 fully saturated rings. The molecular formula is C19H25FIN3O. The Morgan fingerprint density at radius 2 is 1.92 bits per heavy atom. The lowest BCUT2D eigenvalue weighted by atomic mass is 10.1. The van der Waals surface area contributed by atoms with Gasteiger partial charge in [0.1, 0.15) is 11.6 Å². The number of benzene rings is 2. The number of phenolic OH excluding ortho intramolecular Hbond substituents is 1. The summed E-state index contributed by atoms with van der Waals surface area (Å²) in [5.74, 6) is 0.804. The summed E-state index contributed by atoms with van der Waals surface area (Å²) in [6.07, 6.45) is 0.786. The first-order valence-electron chi connectivity index (χ1n) is 8.13. The number of nitrogens with one attached hydrogen (secondary N) is 2. The van der Waals surface area contributed by atoms with Crippen molar-refractivity contribution in [2.24, 2.45) is 4.99 Å². The van der Waals surface area contributed by atoms with Crippen LogP contribution in [0.4, 0.5) is 4.39 Å². The molecule has 0 bridgehead atoms. The maximum absolute atomic E-state index is 13.3. The Bertz CT molecular complexity index is 707. The Hall–Kier alpha value is -1.83. The van der Waals surface area contributed by atoms with Crippen molar-refractivity contribution >= 4 is 29.9 Å². The van der Waals surface area contributed by atoms with Crippen molar-refractivity contribution in [2.75, 3.05) is 13.1 Å². The van der Waals surface area contributed by atoms with Crippen molar-refractivity contribution in [3.8, 4) is 5.75 Å². The summed E-state index contributed by atoms with van der Waals surface area (Å²) in [6.45, 7) is 5.72. The molecule has 0 unspecified atom stereocenters. The fourth-order valence-electron chi connectivity index (χ4n) is 2.35. The van der Waals surface area contributed by atoms with Crippen LogP contribution in [0.1, 0.15) is 23.6 Å². The summed E-state index contributed by atoms with van der Waals surface area (Å²) in [4.78, 5) is 4.53. The smallest absolute Gasteiger partial charge is 0.191 e. The fraction of sp³-hybridized carbons (Fsp3) is 0.316. The molecule has 0 amide bonds. The highest BCUT2D eigenvalue weighted by Crippen LogP contribution is 2.11. The molecule has 25 heavy (non-hydrogen) atoms. The van der Waals surface area contributed by atoms with E-state index in [0.717, 1.165) is 30.1 Å². The minimum Gasteiger partial charge on any atom is -0.508 e. The molecule has 0 aromatic heterocycles. The third-order valence-electron chi connectivity index (χ3n) is 3.60. The molecule has 3 N–H and O–H groups in total. The first-order chi connectivity index (χ1) is 11.6. The number of nitrogens with zero attached hydrogens (tertiary/aromatic N) is 1. The van der Waals surface area contributed by atoms with Gasteiger partial charge < -0.3 is 15.7 Å². The van der Waals surface area contributed by atoms with Crippen molar-refractivity contribution in [3.05, 3.63) is 65.0 Å². The minimum absolute atomic E-state index is 0. The average Bonchev–Trinajstić information content (AvgIpc) is 2.56. The second-order valence-corrected chi connectivity index (χ2v) is 5.63. The Balaban J connectivity index is 0.00000312. The first-order valence-corrected chi connectivity index (χ1v) is 8.13. The van der Waals surface area contributed by atoms with Gasteiger partial charge in [-0.3, -0.25) is 0 Å². The molecule has 136 valence electrons. The van der Waals surface area contributed by atoms with Gasteiger partial charge in [-0.2, -0.15) is 0 Å². The number of halogens is 2. The molecule has 4 nitrogen and oxygen atoms in total. The van der Waals surface area contributed by atoms with Crippen molar-refractivity contribution in [3.63, 3.8) is 0 Å². The van der Waals surface area contributed by atoms with Crippen LogP contribution in [0, 0.1) is 12.7 Å². The van der Waals surface area contributed by atoms with Crippen molar-refractivity contribution in [1.82, 2.24) is 10.6 Å². The second-order valence-electron chi connectivity index (χ2n) is 5.63. The van der Waals surface area contributed by atoms with Crippen LogP contribution in [0.3, 0.4) is 0 Å². The molecule has 0 saturated carbocycles. The van der Waals surface area contributed by atoms with Gasteiger partial charge in [0.05, 0.1) is 6.54 Å². The molecule has 0 aliphatic carbocycles. The average molecular weight is 457 g/mol. The highest BCUT2D eigenvalue weighted by Gasteiger charge is 2.01. The van der Waals surface area contributed by atoms with Crippen LogP contribution in [-0.4, -0.2) is 24.2 Å². The van der Waals surface area contributed by atoms with E-state index >= 15 is 0 Å². The summed E-state index contributed by atoms with van der Waals surface area (Å²) < 4.78 is 13.3. The highest BCUT2D eigenvalue weighted by molar-refractivity contribution is 14.0. The van der Waals surface area contributed by atoms with Crippen LogP contribution in [0.2, 0.25) is 0 Å². The molecule has 0 heterocycles. The van der Waals surface area contributed by atoms with Crippen LogP contribution in [0.25, 0.3) is 0 Å². The van der Waals surface area contributed by atoms with Gasteiger partial charge in [0.15, 0.2) is 5.96 Å². The maximum Gasteiger partial charge on any atom is 0.191 e. The normalized spacial score (nSPS) is 10.9. The molecule has 2 aromatic carbocycles. The molecule has 0 aliphatic rings. The third-order valence-corrected chi connectivity index (χ3v) is 3.60. The Labute approximate surface area is 165 Å². The summed E-state index contributed by atoms with van der Waals surface area (Å²) in [6, 6.07) is 12.3. The number of aromatic hydroxyl groups is 1. The molecule has 0 saturated heterocycles. The Morgan fingerprint density at radius 1 is 1.12 bits per heavy atom. The van der Waals surface area contributed by atoms with Gasteiger partial charge in [0, 0.05) is 13.1 Å². The van der Waals surface area contributed by atoms with E-state index in [2.05, 4.69) is 15.6 Å². The Kier molecular flexibility index (Phi) is 9.26. The molecule has 2 rings (SSSR count). The SMILES string of the molecule is CCNC(=NCc1ccc(F)c(C)c1)NCCc1cccc(O)c1.I. The van der Waals surface area contributed by atoms with Gasteiger partial charge in [-0.05, 0) is 55.2 Å². The van der Waals surface area contributed by atoms with Crippen LogP contribution in [-0.2, 0) is 13.0 Å². The summed E-state index contributed by atoms with van der Waals surface area (Å²) in [5.41, 5.74) is 2.66. The van der Waals surface area contributed by atoms with E-state index in [0.29, 0.717) is 18.7 Å². The standard InChI is InChI=1S/C19H24FN3O.HI/c1-3-21-19(22-10-9-15-5-4-6-17(24)12-15)23-13-16-7-8-18(20)14(2)11-16;/h4-8,11-12,24H,3,9-10,13H2,1-2H3,(H2,21,22,23);1H. The topological polar surface area (TPSA) is 56.7 Å². The zero-order valence-corrected chi connectivity index (χ0v) is 16.9. The molecule has 0 aliphatic heterocycles. The van der Waals surface area contributed by atoms with E-state index in [-0.39, 0.29) is 35.5 Å². The van der Waals surface area contributed by atoms with Gasteiger partial charge in [0.2, 0.25) is 0 Å². The van der Waals surface area contributed by atoms with Crippen molar-refractivity contribution < 1.29 is 9.50 Å². The number of aliphatic imine (C=N–C) groups is 1. The van der Waals surface area contributed by atoms with Gasteiger partial charge in [-0.1, -0.05) is 24.3 Å². The van der Waals surface area contributed by atoms with E-state index in [4.69, 9.17) is 0 Å². The number of hydrogen-bond donors (Lipinski definition) is 3. The largest absolute Gasteiger partial charge is 0.508 e. The number of aryl methyl sites for hydroxylation is 1. The first kappa shape index (κ1) is 21.2. The monoisotopic (exact) mass is 457 g/mol. The Morgan fingerprint density at radius 3 is 2.60 bits per heavy atom. The molecule has 2 aromatic rings. The van der Waals surface area contributed by atoms with Crippen LogP contribution >= 0.6 is 24.0 Å². The lowest BCUT2D eigenvalue weighted by Crippen LogP contribution is -2.38. The zero-order chi connectivity index (χ0) is 17.4. The third kappa shape index (κ3) is 7.29. The van der Waals surface area contributed by atoms with Gasteiger partial charge >= 0.3 is 0 Å². The number of phenols is 1. The van der Waals surface area contributed by atoms with E-state index < -0.39 is 0 Å². The number of hydrogen-bond acceptors (Lipinski definition) is 2. The van der Waals surface area contributed by atoms with E-state index in [1.807, 2.05) is 25.1 Å². The zero-order valence-electron chi connectivity index (χ0n) is 14.6. The summed E-state index contributed by atoms with van der Waals surface area (Å²) >= 11 is 0. The quantitative estimate of drug-likeness (QED) is 0.352. The highest BCUT2D eigenvalue weighted by atomic mass is 127. The molecule has 0 atom stereocenters. The lowest BCUT2D eigenvalue weighted by molar-refractivity contribution is 0.474. The van der Waals surface area contributed by atoms with E-state index in [9.17, 15) is 9.50 Å². The predicted molar refractivity (Wildman–Crippen MR) is 111 cm³/mol. The van der Waals surface area contributed by atoms with E-state index in [1.54, 1.807) is 25.1 Å². The van der Waals surface area contributed by atoms with Crippen LogP contribution in [0.15, 0.2) is 47.5 Å². The molecular weight excluding hydrogens is 432 g/mol. The number of rotatable bonds is 6.